The van der Waals surface area contributed by atoms with Gasteiger partial charge in [0.15, 0.2) is 11.5 Å². The zero-order valence-corrected chi connectivity index (χ0v) is 12.0. The van der Waals surface area contributed by atoms with Gasteiger partial charge in [0.2, 0.25) is 0 Å². The molecular formula is C6H5KNO7S. The number of phenolic OH excluding ortho intramolecular Hbond substituents is 1. The van der Waals surface area contributed by atoms with Crippen LogP contribution in [0.1, 0.15) is 0 Å². The van der Waals surface area contributed by atoms with Crippen LogP contribution in [-0.2, 0) is 10.4 Å². The molecule has 0 aliphatic heterocycles. The van der Waals surface area contributed by atoms with E-state index in [1.165, 1.54) is 0 Å². The fraction of sp³-hybridized carbons (Fsp3) is 0. The molecule has 0 aliphatic carbocycles. The van der Waals surface area contributed by atoms with Crippen LogP contribution in [-0.4, -0.2) is 74.4 Å². The predicted molar refractivity (Wildman–Crippen MR) is 52.7 cm³/mol. The fourth-order valence-corrected chi connectivity index (χ4v) is 1.16. The molecular weight excluding hydrogens is 269 g/mol. The molecule has 1 radical (unpaired) electrons. The first kappa shape index (κ1) is 15.8. The summed E-state index contributed by atoms with van der Waals surface area (Å²) < 4.78 is 32.8. The van der Waals surface area contributed by atoms with Gasteiger partial charge in [0.1, 0.15) is 0 Å². The normalized spacial score (nSPS) is 10.3. The maximum absolute atomic E-state index is 10.3. The van der Waals surface area contributed by atoms with Crippen LogP contribution in [0.3, 0.4) is 0 Å². The van der Waals surface area contributed by atoms with Gasteiger partial charge in [-0.1, -0.05) is 0 Å². The largest absolute Gasteiger partial charge is 0.504 e. The summed E-state index contributed by atoms with van der Waals surface area (Å²) in [5, 5.41) is 19.3. The number of non-ortho nitro benzene ring substituents is 1. The summed E-state index contributed by atoms with van der Waals surface area (Å²) >= 11 is 0. The number of rotatable bonds is 3. The van der Waals surface area contributed by atoms with Crippen LogP contribution in [0.5, 0.6) is 11.5 Å². The van der Waals surface area contributed by atoms with Crippen molar-refractivity contribution in [2.24, 2.45) is 0 Å². The van der Waals surface area contributed by atoms with Crippen LogP contribution < -0.4 is 4.18 Å². The summed E-state index contributed by atoms with van der Waals surface area (Å²) in [4.78, 5) is 9.48. The van der Waals surface area contributed by atoms with Crippen molar-refractivity contribution in [3.8, 4) is 11.5 Å². The molecule has 1 aromatic rings. The van der Waals surface area contributed by atoms with Crippen LogP contribution in [0.4, 0.5) is 5.69 Å². The Morgan fingerprint density at radius 1 is 1.38 bits per heavy atom. The maximum atomic E-state index is 10.3. The van der Waals surface area contributed by atoms with Crippen molar-refractivity contribution in [3.05, 3.63) is 28.3 Å². The predicted octanol–water partition coefficient (Wildman–Crippen LogP) is 0.101. The smallest absolute Gasteiger partial charge is 0.446 e. The van der Waals surface area contributed by atoms with E-state index >= 15 is 0 Å². The van der Waals surface area contributed by atoms with Gasteiger partial charge in [-0.25, -0.2) is 0 Å². The van der Waals surface area contributed by atoms with Crippen molar-refractivity contribution in [2.75, 3.05) is 0 Å². The molecule has 0 aliphatic rings. The molecule has 0 atom stereocenters. The Kier molecular flexibility index (Phi) is 5.82. The van der Waals surface area contributed by atoms with Gasteiger partial charge in [0.05, 0.1) is 11.0 Å². The second kappa shape index (κ2) is 5.91. The minimum atomic E-state index is -4.82. The molecule has 16 heavy (non-hydrogen) atoms. The summed E-state index contributed by atoms with van der Waals surface area (Å²) in [5.41, 5.74) is -0.480. The number of hydrogen-bond donors (Lipinski definition) is 2. The Morgan fingerprint density at radius 3 is 2.38 bits per heavy atom. The number of nitrogens with zero attached hydrogens (tertiary/aromatic N) is 1. The SMILES string of the molecule is O=[N+]([O-])c1ccc(O)c(OS(=O)(=O)O)c1.[K]. The Hall–Kier alpha value is -0.234. The monoisotopic (exact) mass is 274 g/mol. The number of hydrogen-bond acceptors (Lipinski definition) is 6. The van der Waals surface area contributed by atoms with Gasteiger partial charge in [-0.2, -0.15) is 8.42 Å². The van der Waals surface area contributed by atoms with Gasteiger partial charge in [0, 0.05) is 57.5 Å². The van der Waals surface area contributed by atoms with Gasteiger partial charge in [-0.15, -0.1) is 0 Å². The van der Waals surface area contributed by atoms with Crippen LogP contribution in [0.15, 0.2) is 18.2 Å². The van der Waals surface area contributed by atoms with Crippen LogP contribution >= 0.6 is 0 Å². The number of nitro groups is 1. The van der Waals surface area contributed by atoms with Gasteiger partial charge < -0.3 is 9.29 Å². The summed E-state index contributed by atoms with van der Waals surface area (Å²) in [7, 11) is -4.82. The molecule has 0 aromatic heterocycles. The fourth-order valence-electron chi connectivity index (χ4n) is 0.797. The topological polar surface area (TPSA) is 127 Å². The van der Waals surface area contributed by atoms with E-state index in [0.717, 1.165) is 12.1 Å². The molecule has 0 saturated heterocycles. The van der Waals surface area contributed by atoms with E-state index in [4.69, 9.17) is 9.66 Å². The van der Waals surface area contributed by atoms with Gasteiger partial charge in [0.25, 0.3) is 5.69 Å². The average molecular weight is 274 g/mol. The summed E-state index contributed by atoms with van der Waals surface area (Å²) in [6.45, 7) is 0. The first-order valence-electron chi connectivity index (χ1n) is 3.44. The summed E-state index contributed by atoms with van der Waals surface area (Å²) in [6, 6.07) is 2.49. The van der Waals surface area contributed by atoms with Crippen molar-refractivity contribution in [3.63, 3.8) is 0 Å². The standard InChI is InChI=1S/C6H5NO7S.K/c8-5-2-1-4(7(9)10)3-6(5)14-15(11,12)13;/h1-3,8H,(H,11,12,13);. The molecule has 0 amide bonds. The Balaban J connectivity index is 0.00000225. The van der Waals surface area contributed by atoms with E-state index in [2.05, 4.69) is 4.18 Å². The van der Waals surface area contributed by atoms with Crippen LogP contribution in [0.25, 0.3) is 0 Å². The zero-order valence-electron chi connectivity index (χ0n) is 8.02. The number of benzene rings is 1. The second-order valence-corrected chi connectivity index (χ2v) is 3.44. The molecule has 0 saturated carbocycles. The zero-order chi connectivity index (χ0) is 11.6. The molecule has 0 spiro atoms. The Bertz CT molecular complexity index is 500. The van der Waals surface area contributed by atoms with Crippen LogP contribution in [0.2, 0.25) is 0 Å². The van der Waals surface area contributed by atoms with Gasteiger partial charge in [-0.05, 0) is 6.07 Å². The molecule has 10 heteroatoms. The summed E-state index contributed by atoms with van der Waals surface area (Å²) in [6.07, 6.45) is 0. The molecule has 0 fully saturated rings. The maximum Gasteiger partial charge on any atom is 0.446 e. The third kappa shape index (κ3) is 4.74. The van der Waals surface area contributed by atoms with Crippen molar-refractivity contribution in [2.45, 2.75) is 0 Å². The van der Waals surface area contributed by atoms with E-state index in [9.17, 15) is 18.5 Å². The quantitative estimate of drug-likeness (QED) is 0.346. The van der Waals surface area contributed by atoms with E-state index in [-0.39, 0.29) is 51.4 Å². The molecule has 0 heterocycles. The molecule has 0 unspecified atom stereocenters. The molecule has 1 aromatic carbocycles. The van der Waals surface area contributed by atoms with E-state index in [1.807, 2.05) is 0 Å². The Morgan fingerprint density at radius 2 is 1.94 bits per heavy atom. The van der Waals surface area contributed by atoms with Crippen LogP contribution in [0, 0.1) is 10.1 Å². The van der Waals surface area contributed by atoms with E-state index < -0.39 is 32.5 Å². The molecule has 2 N–H and O–H groups in total. The first-order chi connectivity index (χ1) is 6.79. The summed E-state index contributed by atoms with van der Waals surface area (Å²) in [5.74, 6) is -1.36. The average Bonchev–Trinajstić information content (AvgIpc) is 2.06. The molecule has 8 nitrogen and oxygen atoms in total. The second-order valence-electron chi connectivity index (χ2n) is 2.42. The third-order valence-corrected chi connectivity index (χ3v) is 1.74. The van der Waals surface area contributed by atoms with E-state index in [1.54, 1.807) is 0 Å². The van der Waals surface area contributed by atoms with Crippen molar-refractivity contribution >= 4 is 67.5 Å². The van der Waals surface area contributed by atoms with Gasteiger partial charge in [-0.3, -0.25) is 14.7 Å². The number of nitro benzene ring substituents is 1. The van der Waals surface area contributed by atoms with E-state index in [0.29, 0.717) is 6.07 Å². The molecule has 0 bridgehead atoms. The molecule has 83 valence electrons. The third-order valence-electron chi connectivity index (χ3n) is 1.35. The minimum Gasteiger partial charge on any atom is -0.504 e. The number of aromatic hydroxyl groups is 1. The Labute approximate surface area is 133 Å². The van der Waals surface area contributed by atoms with Crippen molar-refractivity contribution in [1.82, 2.24) is 0 Å². The first-order valence-corrected chi connectivity index (χ1v) is 4.80. The molecule has 1 rings (SSSR count). The minimum absolute atomic E-state index is 0. The van der Waals surface area contributed by atoms with Gasteiger partial charge >= 0.3 is 10.4 Å². The number of phenols is 1. The van der Waals surface area contributed by atoms with Crippen molar-refractivity contribution in [1.29, 1.82) is 0 Å². The van der Waals surface area contributed by atoms with Crippen molar-refractivity contribution < 1.29 is 27.2 Å².